The van der Waals surface area contributed by atoms with Crippen LogP contribution in [0.15, 0.2) is 22.0 Å². The zero-order chi connectivity index (χ0) is 14.7. The minimum absolute atomic E-state index is 0.218. The summed E-state index contributed by atoms with van der Waals surface area (Å²) in [5.74, 6) is 0.712. The lowest BCUT2D eigenvalue weighted by Gasteiger charge is -2.30. The molecule has 0 saturated carbocycles. The molecule has 1 saturated heterocycles. The van der Waals surface area contributed by atoms with Crippen LogP contribution >= 0.6 is 11.3 Å². The Hall–Kier alpha value is -1.73. The van der Waals surface area contributed by atoms with Gasteiger partial charge in [-0.1, -0.05) is 11.2 Å². The molecule has 1 aliphatic rings. The van der Waals surface area contributed by atoms with E-state index < -0.39 is 5.97 Å². The van der Waals surface area contributed by atoms with Gasteiger partial charge in [-0.15, -0.1) is 11.3 Å². The monoisotopic (exact) mass is 307 g/mol. The van der Waals surface area contributed by atoms with Crippen LogP contribution in [-0.4, -0.2) is 39.2 Å². The number of carboxylic acids is 1. The summed E-state index contributed by atoms with van der Waals surface area (Å²) in [7, 11) is 0. The van der Waals surface area contributed by atoms with E-state index in [0.717, 1.165) is 30.8 Å². The van der Waals surface area contributed by atoms with Crippen molar-refractivity contribution in [1.82, 2.24) is 15.0 Å². The van der Waals surface area contributed by atoms with Gasteiger partial charge in [0.1, 0.15) is 0 Å². The standard InChI is InChI=1S/C14H17N3O3S/c18-13(19)7-10-3-1-5-17(8-10)9-12-15-14(16-20-12)11-4-2-6-21-11/h2,4,6,10H,1,3,5,7-9H2,(H,18,19). The minimum atomic E-state index is -0.723. The molecule has 0 radical (unpaired) electrons. The highest BCUT2D eigenvalue weighted by molar-refractivity contribution is 7.13. The fourth-order valence-electron chi connectivity index (χ4n) is 2.72. The number of aromatic nitrogens is 2. The first-order valence-corrected chi connectivity index (χ1v) is 7.89. The molecule has 1 atom stereocenters. The SMILES string of the molecule is O=C(O)CC1CCCN(Cc2nc(-c3cccs3)no2)C1. The Balaban J connectivity index is 1.60. The largest absolute Gasteiger partial charge is 0.481 e. The van der Waals surface area contributed by atoms with Gasteiger partial charge in [0.2, 0.25) is 11.7 Å². The van der Waals surface area contributed by atoms with Gasteiger partial charge in [-0.05, 0) is 36.8 Å². The Morgan fingerprint density at radius 2 is 2.48 bits per heavy atom. The van der Waals surface area contributed by atoms with E-state index in [2.05, 4.69) is 15.0 Å². The molecular weight excluding hydrogens is 290 g/mol. The van der Waals surface area contributed by atoms with Gasteiger partial charge in [0.05, 0.1) is 11.4 Å². The second-order valence-electron chi connectivity index (χ2n) is 5.33. The van der Waals surface area contributed by atoms with E-state index in [1.54, 1.807) is 11.3 Å². The number of likely N-dealkylation sites (tertiary alicyclic amines) is 1. The van der Waals surface area contributed by atoms with Gasteiger partial charge in [0.25, 0.3) is 0 Å². The van der Waals surface area contributed by atoms with Crippen molar-refractivity contribution in [2.24, 2.45) is 5.92 Å². The van der Waals surface area contributed by atoms with Crippen molar-refractivity contribution >= 4 is 17.3 Å². The Kier molecular flexibility index (Phi) is 4.31. The summed E-state index contributed by atoms with van der Waals surface area (Å²) >= 11 is 1.58. The summed E-state index contributed by atoms with van der Waals surface area (Å²) in [6.07, 6.45) is 2.23. The molecule has 0 bridgehead atoms. The van der Waals surface area contributed by atoms with Gasteiger partial charge in [0.15, 0.2) is 0 Å². The van der Waals surface area contributed by atoms with Crippen LogP contribution < -0.4 is 0 Å². The normalized spacial score (nSPS) is 19.7. The maximum absolute atomic E-state index is 10.8. The second kappa shape index (κ2) is 6.36. The number of aliphatic carboxylic acids is 1. The summed E-state index contributed by atoms with van der Waals surface area (Å²) in [4.78, 5) is 18.4. The molecule has 1 unspecified atom stereocenters. The van der Waals surface area contributed by atoms with Gasteiger partial charge in [0, 0.05) is 13.0 Å². The van der Waals surface area contributed by atoms with Crippen molar-refractivity contribution in [3.05, 3.63) is 23.4 Å². The van der Waals surface area contributed by atoms with Crippen LogP contribution in [0.1, 0.15) is 25.2 Å². The molecule has 2 aromatic heterocycles. The first kappa shape index (κ1) is 14.2. The number of hydrogen-bond acceptors (Lipinski definition) is 6. The Bertz CT molecular complexity index is 596. The van der Waals surface area contributed by atoms with Crippen LogP contribution in [-0.2, 0) is 11.3 Å². The molecule has 3 heterocycles. The third-order valence-corrected chi connectivity index (χ3v) is 4.50. The number of rotatable bonds is 5. The maximum atomic E-state index is 10.8. The lowest BCUT2D eigenvalue weighted by molar-refractivity contribution is -0.138. The number of carboxylic acid groups (broad SMARTS) is 1. The smallest absolute Gasteiger partial charge is 0.303 e. The van der Waals surface area contributed by atoms with E-state index in [-0.39, 0.29) is 12.3 Å². The van der Waals surface area contributed by atoms with Crippen molar-refractivity contribution in [2.75, 3.05) is 13.1 Å². The third-order valence-electron chi connectivity index (χ3n) is 3.63. The fraction of sp³-hybridized carbons (Fsp3) is 0.500. The van der Waals surface area contributed by atoms with Crippen LogP contribution in [0, 0.1) is 5.92 Å². The van der Waals surface area contributed by atoms with Gasteiger partial charge >= 0.3 is 5.97 Å². The van der Waals surface area contributed by atoms with E-state index in [9.17, 15) is 4.79 Å². The number of piperidine rings is 1. The first-order valence-electron chi connectivity index (χ1n) is 7.01. The van der Waals surface area contributed by atoms with Crippen LogP contribution in [0.4, 0.5) is 0 Å². The van der Waals surface area contributed by atoms with Crippen LogP contribution in [0.25, 0.3) is 10.7 Å². The highest BCUT2D eigenvalue weighted by Crippen LogP contribution is 2.23. The molecule has 112 valence electrons. The molecule has 0 aliphatic carbocycles. The molecule has 0 amide bonds. The van der Waals surface area contributed by atoms with Crippen LogP contribution in [0.3, 0.4) is 0 Å². The zero-order valence-corrected chi connectivity index (χ0v) is 12.4. The van der Waals surface area contributed by atoms with Gasteiger partial charge in [-0.3, -0.25) is 9.69 Å². The summed E-state index contributed by atoms with van der Waals surface area (Å²) < 4.78 is 5.30. The third kappa shape index (κ3) is 3.68. The molecule has 7 heteroatoms. The topological polar surface area (TPSA) is 79.5 Å². The van der Waals surface area contributed by atoms with E-state index in [0.29, 0.717) is 18.3 Å². The first-order chi connectivity index (χ1) is 10.2. The minimum Gasteiger partial charge on any atom is -0.481 e. The van der Waals surface area contributed by atoms with Gasteiger partial charge in [-0.25, -0.2) is 0 Å². The van der Waals surface area contributed by atoms with Crippen LogP contribution in [0.5, 0.6) is 0 Å². The summed E-state index contributed by atoms with van der Waals surface area (Å²) in [6, 6.07) is 3.92. The number of nitrogens with zero attached hydrogens (tertiary/aromatic N) is 3. The molecule has 0 aromatic carbocycles. The quantitative estimate of drug-likeness (QED) is 0.914. The fourth-order valence-corrected chi connectivity index (χ4v) is 3.37. The molecule has 1 N–H and O–H groups in total. The molecule has 21 heavy (non-hydrogen) atoms. The molecule has 1 fully saturated rings. The van der Waals surface area contributed by atoms with E-state index in [1.807, 2.05) is 17.5 Å². The lowest BCUT2D eigenvalue weighted by Crippen LogP contribution is -2.35. The van der Waals surface area contributed by atoms with Crippen LogP contribution in [0.2, 0.25) is 0 Å². The predicted octanol–water partition coefficient (Wildman–Crippen LogP) is 2.48. The summed E-state index contributed by atoms with van der Waals surface area (Å²) in [5.41, 5.74) is 0. The Morgan fingerprint density at radius 1 is 1.57 bits per heavy atom. The zero-order valence-electron chi connectivity index (χ0n) is 11.6. The highest BCUT2D eigenvalue weighted by atomic mass is 32.1. The van der Waals surface area contributed by atoms with E-state index in [4.69, 9.17) is 9.63 Å². The molecule has 1 aliphatic heterocycles. The average Bonchev–Trinajstić information content (AvgIpc) is 3.08. The number of carbonyl (C=O) groups is 1. The van der Waals surface area contributed by atoms with E-state index >= 15 is 0 Å². The maximum Gasteiger partial charge on any atom is 0.303 e. The molecular formula is C14H17N3O3S. The molecule has 3 rings (SSSR count). The predicted molar refractivity (Wildman–Crippen MR) is 77.9 cm³/mol. The van der Waals surface area contributed by atoms with Gasteiger partial charge < -0.3 is 9.63 Å². The lowest BCUT2D eigenvalue weighted by atomic mass is 9.95. The second-order valence-corrected chi connectivity index (χ2v) is 6.28. The highest BCUT2D eigenvalue weighted by Gasteiger charge is 2.23. The summed E-state index contributed by atoms with van der Waals surface area (Å²) in [5, 5.41) is 14.9. The van der Waals surface area contributed by atoms with Crippen molar-refractivity contribution in [3.8, 4) is 10.7 Å². The average molecular weight is 307 g/mol. The van der Waals surface area contributed by atoms with Gasteiger partial charge in [-0.2, -0.15) is 4.98 Å². The Morgan fingerprint density at radius 3 is 3.24 bits per heavy atom. The van der Waals surface area contributed by atoms with E-state index in [1.165, 1.54) is 0 Å². The summed E-state index contributed by atoms with van der Waals surface area (Å²) in [6.45, 7) is 2.32. The van der Waals surface area contributed by atoms with Crippen molar-refractivity contribution in [2.45, 2.75) is 25.8 Å². The Labute approximate surface area is 126 Å². The molecule has 0 spiro atoms. The molecule has 6 nitrogen and oxygen atoms in total. The van der Waals surface area contributed by atoms with Crippen molar-refractivity contribution in [3.63, 3.8) is 0 Å². The van der Waals surface area contributed by atoms with Crippen molar-refractivity contribution in [1.29, 1.82) is 0 Å². The molecule has 2 aromatic rings. The van der Waals surface area contributed by atoms with Crippen molar-refractivity contribution < 1.29 is 14.4 Å². The number of thiophene rings is 1. The number of hydrogen-bond donors (Lipinski definition) is 1.